The first kappa shape index (κ1) is 13.5. The van der Waals surface area contributed by atoms with Crippen molar-refractivity contribution in [3.63, 3.8) is 0 Å². The lowest BCUT2D eigenvalue weighted by molar-refractivity contribution is 0.103. The summed E-state index contributed by atoms with van der Waals surface area (Å²) in [4.78, 5) is 11.4. The molecular formula is C12H17NO4. The Bertz CT molecular complexity index is 329. The van der Waals surface area contributed by atoms with Gasteiger partial charge in [0.2, 0.25) is 0 Å². The number of hydrogen-bond acceptors (Lipinski definition) is 4. The lowest BCUT2D eigenvalue weighted by Gasteiger charge is -2.15. The molecule has 0 aliphatic carbocycles. The second kappa shape index (κ2) is 7.65. The molecule has 5 heteroatoms. The lowest BCUT2D eigenvalue weighted by Crippen LogP contribution is -2.40. The van der Waals surface area contributed by atoms with Crippen molar-refractivity contribution in [2.24, 2.45) is 0 Å². The van der Waals surface area contributed by atoms with Crippen LogP contribution >= 0.6 is 0 Å². The van der Waals surface area contributed by atoms with Crippen LogP contribution in [0, 0.1) is 0 Å². The number of aliphatic hydroxyl groups excluding tert-OH is 1. The zero-order valence-electron chi connectivity index (χ0n) is 9.76. The fraction of sp³-hybridized carbons (Fsp3) is 0.417. The van der Waals surface area contributed by atoms with Crippen LogP contribution in [-0.2, 0) is 16.1 Å². The fourth-order valence-corrected chi connectivity index (χ4v) is 1.27. The van der Waals surface area contributed by atoms with Gasteiger partial charge >= 0.3 is 6.09 Å². The molecular weight excluding hydrogens is 222 g/mol. The number of aliphatic hydroxyl groups is 1. The number of nitrogens with one attached hydrogen (secondary N) is 1. The van der Waals surface area contributed by atoms with E-state index >= 15 is 0 Å². The molecule has 5 nitrogen and oxygen atoms in total. The number of carbonyl (C=O) groups is 1. The maximum Gasteiger partial charge on any atom is 0.407 e. The molecule has 0 bridgehead atoms. The van der Waals surface area contributed by atoms with E-state index in [4.69, 9.17) is 14.6 Å². The van der Waals surface area contributed by atoms with Crippen LogP contribution < -0.4 is 5.32 Å². The highest BCUT2D eigenvalue weighted by molar-refractivity contribution is 5.67. The minimum atomic E-state index is -0.565. The molecule has 0 fully saturated rings. The molecule has 94 valence electrons. The van der Waals surface area contributed by atoms with Gasteiger partial charge in [0.1, 0.15) is 6.61 Å². The van der Waals surface area contributed by atoms with Crippen LogP contribution in [-0.4, -0.2) is 37.6 Å². The van der Waals surface area contributed by atoms with E-state index in [1.165, 1.54) is 7.11 Å². The molecule has 0 aromatic heterocycles. The van der Waals surface area contributed by atoms with Gasteiger partial charge in [0.15, 0.2) is 0 Å². The number of ether oxygens (including phenoxy) is 2. The number of hydrogen-bond donors (Lipinski definition) is 2. The predicted octanol–water partition coefficient (Wildman–Crippen LogP) is 0.920. The van der Waals surface area contributed by atoms with Gasteiger partial charge in [-0.05, 0) is 5.56 Å². The summed E-state index contributed by atoms with van der Waals surface area (Å²) in [6.45, 7) is 0.267. The van der Waals surface area contributed by atoms with E-state index in [1.54, 1.807) is 0 Å². The van der Waals surface area contributed by atoms with Crippen LogP contribution in [0.1, 0.15) is 5.56 Å². The third-order valence-corrected chi connectivity index (χ3v) is 2.12. The Morgan fingerprint density at radius 1 is 1.41 bits per heavy atom. The normalized spacial score (nSPS) is 11.9. The summed E-state index contributed by atoms with van der Waals surface area (Å²) >= 11 is 0. The van der Waals surface area contributed by atoms with Gasteiger partial charge in [0.05, 0.1) is 19.3 Å². The van der Waals surface area contributed by atoms with Crippen LogP contribution in [0.5, 0.6) is 0 Å². The first-order valence-corrected chi connectivity index (χ1v) is 5.33. The summed E-state index contributed by atoms with van der Waals surface area (Å²) in [7, 11) is 1.50. The van der Waals surface area contributed by atoms with Crippen molar-refractivity contribution < 1.29 is 19.4 Å². The molecule has 1 aromatic rings. The minimum absolute atomic E-state index is 0.186. The van der Waals surface area contributed by atoms with E-state index < -0.39 is 12.1 Å². The van der Waals surface area contributed by atoms with Crippen molar-refractivity contribution in [3.8, 4) is 0 Å². The second-order valence-electron chi connectivity index (χ2n) is 3.54. The van der Waals surface area contributed by atoms with Crippen molar-refractivity contribution >= 4 is 6.09 Å². The maximum atomic E-state index is 11.4. The number of rotatable bonds is 6. The van der Waals surface area contributed by atoms with Crippen LogP contribution in [0.3, 0.4) is 0 Å². The molecule has 1 amide bonds. The molecule has 2 N–H and O–H groups in total. The van der Waals surface area contributed by atoms with Crippen molar-refractivity contribution in [1.29, 1.82) is 0 Å². The average molecular weight is 239 g/mol. The highest BCUT2D eigenvalue weighted by atomic mass is 16.5. The number of benzene rings is 1. The Kier molecular flexibility index (Phi) is 6.06. The monoisotopic (exact) mass is 239 g/mol. The van der Waals surface area contributed by atoms with Gasteiger partial charge in [-0.25, -0.2) is 4.79 Å². The predicted molar refractivity (Wildman–Crippen MR) is 62.5 cm³/mol. The summed E-state index contributed by atoms with van der Waals surface area (Å²) in [6.07, 6.45) is -0.565. The van der Waals surface area contributed by atoms with E-state index in [1.807, 2.05) is 30.3 Å². The molecule has 0 aliphatic rings. The van der Waals surface area contributed by atoms with E-state index in [-0.39, 0.29) is 19.8 Å². The zero-order valence-corrected chi connectivity index (χ0v) is 9.76. The quantitative estimate of drug-likeness (QED) is 0.774. The van der Waals surface area contributed by atoms with Crippen molar-refractivity contribution in [2.45, 2.75) is 12.6 Å². The average Bonchev–Trinajstić information content (AvgIpc) is 2.37. The van der Waals surface area contributed by atoms with Gasteiger partial charge in [-0.1, -0.05) is 30.3 Å². The molecule has 1 aromatic carbocycles. The lowest BCUT2D eigenvalue weighted by atomic mass is 10.2. The SMILES string of the molecule is COC[C@@H](CO)NC(=O)OCc1ccccc1. The summed E-state index contributed by atoms with van der Waals surface area (Å²) in [5, 5.41) is 11.4. The molecule has 0 saturated carbocycles. The standard InChI is InChI=1S/C12H17NO4/c1-16-9-11(7-14)13-12(15)17-8-10-5-3-2-4-6-10/h2-6,11,14H,7-9H2,1H3,(H,13,15)/t11-/m1/s1. The van der Waals surface area contributed by atoms with Crippen LogP contribution in [0.15, 0.2) is 30.3 Å². The summed E-state index contributed by atoms with van der Waals surface area (Å²) < 4.78 is 9.82. The number of alkyl carbamates (subject to hydrolysis) is 1. The fourth-order valence-electron chi connectivity index (χ4n) is 1.27. The second-order valence-corrected chi connectivity index (χ2v) is 3.54. The highest BCUT2D eigenvalue weighted by Gasteiger charge is 2.11. The summed E-state index contributed by atoms with van der Waals surface area (Å²) in [5.74, 6) is 0. The van der Waals surface area contributed by atoms with Crippen LogP contribution in [0.4, 0.5) is 4.79 Å². The summed E-state index contributed by atoms with van der Waals surface area (Å²) in [5.41, 5.74) is 0.912. The zero-order chi connectivity index (χ0) is 12.5. The Morgan fingerprint density at radius 2 is 2.12 bits per heavy atom. The number of methoxy groups -OCH3 is 1. The first-order valence-electron chi connectivity index (χ1n) is 5.33. The van der Waals surface area contributed by atoms with Crippen molar-refractivity contribution in [2.75, 3.05) is 20.3 Å². The van der Waals surface area contributed by atoms with Gasteiger partial charge in [0, 0.05) is 7.11 Å². The molecule has 0 spiro atoms. The topological polar surface area (TPSA) is 67.8 Å². The Balaban J connectivity index is 2.30. The van der Waals surface area contributed by atoms with Crippen molar-refractivity contribution in [1.82, 2.24) is 5.32 Å². The number of amides is 1. The Hall–Kier alpha value is -1.59. The van der Waals surface area contributed by atoms with Gasteiger partial charge in [-0.15, -0.1) is 0 Å². The van der Waals surface area contributed by atoms with Crippen LogP contribution in [0.2, 0.25) is 0 Å². The third-order valence-electron chi connectivity index (χ3n) is 2.12. The Morgan fingerprint density at radius 3 is 2.71 bits per heavy atom. The summed E-state index contributed by atoms with van der Waals surface area (Å²) in [6, 6.07) is 8.93. The molecule has 17 heavy (non-hydrogen) atoms. The van der Waals surface area contributed by atoms with Crippen LogP contribution in [0.25, 0.3) is 0 Å². The smallest absolute Gasteiger partial charge is 0.407 e. The largest absolute Gasteiger partial charge is 0.445 e. The Labute approximate surface area is 100 Å². The molecule has 0 heterocycles. The number of carbonyl (C=O) groups excluding carboxylic acids is 1. The minimum Gasteiger partial charge on any atom is -0.445 e. The highest BCUT2D eigenvalue weighted by Crippen LogP contribution is 2.00. The molecule has 0 radical (unpaired) electrons. The molecule has 1 rings (SSSR count). The van der Waals surface area contributed by atoms with Gasteiger partial charge in [-0.3, -0.25) is 0 Å². The van der Waals surface area contributed by atoms with Gasteiger partial charge in [0.25, 0.3) is 0 Å². The van der Waals surface area contributed by atoms with E-state index in [0.29, 0.717) is 0 Å². The molecule has 0 aliphatic heterocycles. The van der Waals surface area contributed by atoms with Gasteiger partial charge in [-0.2, -0.15) is 0 Å². The van der Waals surface area contributed by atoms with Gasteiger partial charge < -0.3 is 19.9 Å². The third kappa shape index (κ3) is 5.33. The van der Waals surface area contributed by atoms with E-state index in [0.717, 1.165) is 5.56 Å². The first-order chi connectivity index (χ1) is 8.26. The van der Waals surface area contributed by atoms with E-state index in [9.17, 15) is 4.79 Å². The molecule has 1 atom stereocenters. The van der Waals surface area contributed by atoms with Crippen molar-refractivity contribution in [3.05, 3.63) is 35.9 Å². The molecule has 0 unspecified atom stereocenters. The molecule has 0 saturated heterocycles. The van der Waals surface area contributed by atoms with E-state index in [2.05, 4.69) is 5.32 Å². The maximum absolute atomic E-state index is 11.4.